The van der Waals surface area contributed by atoms with Crippen molar-refractivity contribution in [3.8, 4) is 0 Å². The third-order valence-corrected chi connectivity index (χ3v) is 1.66. The van der Waals surface area contributed by atoms with Crippen molar-refractivity contribution < 1.29 is 0 Å². The lowest BCUT2D eigenvalue weighted by Crippen LogP contribution is -2.02. The molecule has 0 fully saturated rings. The molecule has 0 amide bonds. The van der Waals surface area contributed by atoms with Gasteiger partial charge in [0.25, 0.3) is 0 Å². The highest BCUT2D eigenvalue weighted by Gasteiger charge is 1.96. The highest BCUT2D eigenvalue weighted by molar-refractivity contribution is 5.13. The van der Waals surface area contributed by atoms with Crippen molar-refractivity contribution in [2.75, 3.05) is 6.54 Å². The summed E-state index contributed by atoms with van der Waals surface area (Å²) in [5.41, 5.74) is 7.66. The second-order valence-corrected chi connectivity index (χ2v) is 2.53. The van der Waals surface area contributed by atoms with Crippen molar-refractivity contribution in [1.29, 1.82) is 0 Å². The summed E-state index contributed by atoms with van der Waals surface area (Å²) in [4.78, 5) is 8.03. The van der Waals surface area contributed by atoms with Gasteiger partial charge in [0.05, 0.1) is 0 Å². The molecular formula is C8H13N3. The van der Waals surface area contributed by atoms with Crippen LogP contribution in [0.4, 0.5) is 0 Å². The standard InChI is InChI=1S/C8H13N3/c1-7-8(3-2-4-9)5-10-6-11-7/h5-6H,2-4,9H2,1H3. The average molecular weight is 151 g/mol. The molecule has 0 aliphatic heterocycles. The Morgan fingerprint density at radius 1 is 1.55 bits per heavy atom. The minimum atomic E-state index is 0.730. The summed E-state index contributed by atoms with van der Waals surface area (Å²) in [7, 11) is 0. The summed E-state index contributed by atoms with van der Waals surface area (Å²) < 4.78 is 0. The normalized spacial score (nSPS) is 10.0. The predicted octanol–water partition coefficient (Wildman–Crippen LogP) is 0.676. The molecule has 1 rings (SSSR count). The molecule has 0 atom stereocenters. The third-order valence-electron chi connectivity index (χ3n) is 1.66. The molecule has 0 radical (unpaired) electrons. The molecule has 3 nitrogen and oxygen atoms in total. The second kappa shape index (κ2) is 4.03. The average Bonchev–Trinajstić information content (AvgIpc) is 2.03. The van der Waals surface area contributed by atoms with Crippen LogP contribution in [0, 0.1) is 6.92 Å². The first-order valence-electron chi connectivity index (χ1n) is 3.80. The van der Waals surface area contributed by atoms with Crippen molar-refractivity contribution in [1.82, 2.24) is 9.97 Å². The molecular weight excluding hydrogens is 138 g/mol. The molecule has 1 aromatic heterocycles. The summed E-state index contributed by atoms with van der Waals surface area (Å²) in [5.74, 6) is 0. The molecule has 2 N–H and O–H groups in total. The van der Waals surface area contributed by atoms with Gasteiger partial charge in [0.1, 0.15) is 6.33 Å². The van der Waals surface area contributed by atoms with Crippen LogP contribution in [0.1, 0.15) is 17.7 Å². The lowest BCUT2D eigenvalue weighted by Gasteiger charge is -2.00. The van der Waals surface area contributed by atoms with Gasteiger partial charge in [-0.15, -0.1) is 0 Å². The fraction of sp³-hybridized carbons (Fsp3) is 0.500. The molecule has 0 saturated heterocycles. The van der Waals surface area contributed by atoms with Gasteiger partial charge in [0, 0.05) is 11.9 Å². The maximum Gasteiger partial charge on any atom is 0.115 e. The Kier molecular flexibility index (Phi) is 2.98. The number of rotatable bonds is 3. The van der Waals surface area contributed by atoms with Crippen molar-refractivity contribution in [3.05, 3.63) is 23.8 Å². The number of nitrogens with two attached hydrogens (primary N) is 1. The lowest BCUT2D eigenvalue weighted by molar-refractivity contribution is 0.814. The Labute approximate surface area is 66.7 Å². The van der Waals surface area contributed by atoms with E-state index in [9.17, 15) is 0 Å². The van der Waals surface area contributed by atoms with E-state index in [1.807, 2.05) is 13.1 Å². The fourth-order valence-corrected chi connectivity index (χ4v) is 0.958. The van der Waals surface area contributed by atoms with Crippen LogP contribution in [-0.2, 0) is 6.42 Å². The van der Waals surface area contributed by atoms with Gasteiger partial charge in [-0.2, -0.15) is 0 Å². The van der Waals surface area contributed by atoms with Crippen LogP contribution >= 0.6 is 0 Å². The highest BCUT2D eigenvalue weighted by atomic mass is 14.8. The Hall–Kier alpha value is -0.960. The second-order valence-electron chi connectivity index (χ2n) is 2.53. The summed E-state index contributed by atoms with van der Waals surface area (Å²) in [6, 6.07) is 0. The first kappa shape index (κ1) is 8.14. The zero-order valence-corrected chi connectivity index (χ0v) is 6.75. The number of nitrogens with zero attached hydrogens (tertiary/aromatic N) is 2. The van der Waals surface area contributed by atoms with Gasteiger partial charge >= 0.3 is 0 Å². The molecule has 0 unspecified atom stereocenters. The Morgan fingerprint density at radius 2 is 2.36 bits per heavy atom. The van der Waals surface area contributed by atoms with Crippen LogP contribution in [0.5, 0.6) is 0 Å². The Morgan fingerprint density at radius 3 is 3.00 bits per heavy atom. The van der Waals surface area contributed by atoms with Gasteiger partial charge in [0.15, 0.2) is 0 Å². The molecule has 0 aliphatic rings. The van der Waals surface area contributed by atoms with Crippen LogP contribution in [0.2, 0.25) is 0 Å². The van der Waals surface area contributed by atoms with Crippen LogP contribution in [0.25, 0.3) is 0 Å². The van der Waals surface area contributed by atoms with Gasteiger partial charge < -0.3 is 5.73 Å². The maximum atomic E-state index is 5.39. The number of hydrogen-bond acceptors (Lipinski definition) is 3. The molecule has 3 heteroatoms. The van der Waals surface area contributed by atoms with Gasteiger partial charge in [-0.25, -0.2) is 9.97 Å². The minimum absolute atomic E-state index is 0.730. The quantitative estimate of drug-likeness (QED) is 0.691. The van der Waals surface area contributed by atoms with E-state index in [0.29, 0.717) is 0 Å². The van der Waals surface area contributed by atoms with Crippen molar-refractivity contribution >= 4 is 0 Å². The monoisotopic (exact) mass is 151 g/mol. The zero-order valence-electron chi connectivity index (χ0n) is 6.75. The van der Waals surface area contributed by atoms with E-state index in [1.54, 1.807) is 6.33 Å². The molecule has 1 aromatic rings. The first-order valence-corrected chi connectivity index (χ1v) is 3.80. The van der Waals surface area contributed by atoms with Crippen LogP contribution in [-0.4, -0.2) is 16.5 Å². The van der Waals surface area contributed by atoms with Crippen LogP contribution in [0.3, 0.4) is 0 Å². The first-order chi connectivity index (χ1) is 5.34. The number of hydrogen-bond donors (Lipinski definition) is 1. The summed E-state index contributed by atoms with van der Waals surface area (Å²) in [6.45, 7) is 2.72. The molecule has 0 aliphatic carbocycles. The molecule has 1 heterocycles. The van der Waals surface area contributed by atoms with E-state index in [4.69, 9.17) is 5.73 Å². The molecule has 0 spiro atoms. The smallest absolute Gasteiger partial charge is 0.115 e. The topological polar surface area (TPSA) is 51.8 Å². The molecule has 11 heavy (non-hydrogen) atoms. The fourth-order valence-electron chi connectivity index (χ4n) is 0.958. The SMILES string of the molecule is Cc1ncncc1CCCN. The predicted molar refractivity (Wildman–Crippen MR) is 44.1 cm³/mol. The van der Waals surface area contributed by atoms with Gasteiger partial charge in [-0.3, -0.25) is 0 Å². The van der Waals surface area contributed by atoms with Crippen molar-refractivity contribution in [2.24, 2.45) is 5.73 Å². The summed E-state index contributed by atoms with van der Waals surface area (Å²) in [5, 5.41) is 0. The van der Waals surface area contributed by atoms with Crippen LogP contribution < -0.4 is 5.73 Å². The van der Waals surface area contributed by atoms with E-state index in [2.05, 4.69) is 9.97 Å². The van der Waals surface area contributed by atoms with E-state index in [1.165, 1.54) is 5.56 Å². The largest absolute Gasteiger partial charge is 0.330 e. The van der Waals surface area contributed by atoms with E-state index < -0.39 is 0 Å². The third kappa shape index (κ3) is 2.27. The van der Waals surface area contributed by atoms with E-state index >= 15 is 0 Å². The lowest BCUT2D eigenvalue weighted by atomic mass is 10.1. The summed E-state index contributed by atoms with van der Waals surface area (Å²) >= 11 is 0. The van der Waals surface area contributed by atoms with Gasteiger partial charge in [-0.1, -0.05) is 0 Å². The maximum absolute atomic E-state index is 5.39. The number of aromatic nitrogens is 2. The van der Waals surface area contributed by atoms with Crippen molar-refractivity contribution in [3.63, 3.8) is 0 Å². The molecule has 0 saturated carbocycles. The Balaban J connectivity index is 2.62. The minimum Gasteiger partial charge on any atom is -0.330 e. The highest BCUT2D eigenvalue weighted by Crippen LogP contribution is 2.03. The number of aryl methyl sites for hydroxylation is 2. The summed E-state index contributed by atoms with van der Waals surface area (Å²) in [6.07, 6.45) is 5.43. The van der Waals surface area contributed by atoms with Gasteiger partial charge in [-0.05, 0) is 31.9 Å². The van der Waals surface area contributed by atoms with Gasteiger partial charge in [0.2, 0.25) is 0 Å². The van der Waals surface area contributed by atoms with Crippen LogP contribution in [0.15, 0.2) is 12.5 Å². The van der Waals surface area contributed by atoms with Crippen molar-refractivity contribution in [2.45, 2.75) is 19.8 Å². The molecule has 60 valence electrons. The molecule has 0 bridgehead atoms. The zero-order chi connectivity index (χ0) is 8.10. The van der Waals surface area contributed by atoms with E-state index in [0.717, 1.165) is 25.1 Å². The Bertz CT molecular complexity index is 222. The molecule has 0 aromatic carbocycles. The van der Waals surface area contributed by atoms with E-state index in [-0.39, 0.29) is 0 Å².